The van der Waals surface area contributed by atoms with Crippen LogP contribution in [0, 0.1) is 0 Å². The average Bonchev–Trinajstić information content (AvgIpc) is 3.09. The second kappa shape index (κ2) is 7.88. The first-order valence-corrected chi connectivity index (χ1v) is 8.42. The van der Waals surface area contributed by atoms with E-state index in [4.69, 9.17) is 4.52 Å². The molecule has 4 heteroatoms. The van der Waals surface area contributed by atoms with Gasteiger partial charge >= 0.3 is 0 Å². The molecule has 0 fully saturated rings. The molecule has 0 saturated heterocycles. The summed E-state index contributed by atoms with van der Waals surface area (Å²) in [6.45, 7) is 4.99. The van der Waals surface area contributed by atoms with Gasteiger partial charge in [-0.3, -0.25) is 0 Å². The highest BCUT2D eigenvalue weighted by Crippen LogP contribution is 2.13. The highest BCUT2D eigenvalue weighted by molar-refractivity contribution is 5.22. The van der Waals surface area contributed by atoms with Crippen molar-refractivity contribution in [3.8, 4) is 0 Å². The van der Waals surface area contributed by atoms with E-state index in [0.29, 0.717) is 12.3 Å². The lowest BCUT2D eigenvalue weighted by Gasteiger charge is -2.09. The van der Waals surface area contributed by atoms with Crippen molar-refractivity contribution in [1.29, 1.82) is 0 Å². The van der Waals surface area contributed by atoms with Gasteiger partial charge in [-0.1, -0.05) is 66.7 Å². The van der Waals surface area contributed by atoms with Crippen molar-refractivity contribution < 1.29 is 4.52 Å². The monoisotopic (exact) mass is 321 g/mol. The Balaban J connectivity index is 1.56. The molecule has 124 valence electrons. The van der Waals surface area contributed by atoms with Crippen LogP contribution in [0.2, 0.25) is 0 Å². The normalized spacial score (nSPS) is 12.2. The van der Waals surface area contributed by atoms with E-state index < -0.39 is 0 Å². The molecular weight excluding hydrogens is 298 g/mol. The van der Waals surface area contributed by atoms with Gasteiger partial charge in [0.2, 0.25) is 5.89 Å². The lowest BCUT2D eigenvalue weighted by molar-refractivity contribution is 0.336. The van der Waals surface area contributed by atoms with Crippen molar-refractivity contribution in [2.24, 2.45) is 0 Å². The second-order valence-electron chi connectivity index (χ2n) is 5.98. The second-order valence-corrected chi connectivity index (χ2v) is 5.98. The van der Waals surface area contributed by atoms with E-state index in [9.17, 15) is 0 Å². The van der Waals surface area contributed by atoms with Gasteiger partial charge in [0, 0.05) is 13.0 Å². The van der Waals surface area contributed by atoms with E-state index in [1.54, 1.807) is 0 Å². The van der Waals surface area contributed by atoms with Crippen molar-refractivity contribution in [3.63, 3.8) is 0 Å². The van der Waals surface area contributed by atoms with E-state index >= 15 is 0 Å². The Hall–Kier alpha value is -2.46. The minimum Gasteiger partial charge on any atom is -0.338 e. The zero-order chi connectivity index (χ0) is 16.8. The molecule has 0 amide bonds. The highest BCUT2D eigenvalue weighted by atomic mass is 16.5. The Kier molecular flexibility index (Phi) is 5.39. The van der Waals surface area contributed by atoms with Gasteiger partial charge in [0.25, 0.3) is 0 Å². The van der Waals surface area contributed by atoms with Crippen molar-refractivity contribution in [3.05, 3.63) is 83.0 Å². The fraction of sp³-hybridized carbons (Fsp3) is 0.300. The van der Waals surface area contributed by atoms with Crippen LogP contribution in [0.4, 0.5) is 0 Å². The minimum atomic E-state index is 0.0212. The number of hydrogen-bond acceptors (Lipinski definition) is 4. The van der Waals surface area contributed by atoms with Gasteiger partial charge in [-0.05, 0) is 30.0 Å². The van der Waals surface area contributed by atoms with Crippen LogP contribution in [0.15, 0.2) is 59.1 Å². The number of nitrogens with zero attached hydrogens (tertiary/aromatic N) is 2. The minimum absolute atomic E-state index is 0.0212. The van der Waals surface area contributed by atoms with Gasteiger partial charge in [0.1, 0.15) is 0 Å². The maximum absolute atomic E-state index is 5.40. The quantitative estimate of drug-likeness (QED) is 0.712. The molecule has 1 N–H and O–H groups in total. The van der Waals surface area contributed by atoms with Crippen molar-refractivity contribution in [2.75, 3.05) is 0 Å². The third kappa shape index (κ3) is 4.30. The Morgan fingerprint density at radius 1 is 0.958 bits per heavy atom. The van der Waals surface area contributed by atoms with E-state index in [1.807, 2.05) is 25.1 Å². The Morgan fingerprint density at radius 2 is 1.67 bits per heavy atom. The lowest BCUT2D eigenvalue weighted by Crippen LogP contribution is -2.18. The van der Waals surface area contributed by atoms with Crippen LogP contribution in [0.3, 0.4) is 0 Å². The molecule has 3 aromatic rings. The van der Waals surface area contributed by atoms with E-state index in [-0.39, 0.29) is 6.04 Å². The standard InChI is InChI=1S/C20H23N3O/c1-3-16-9-11-18(12-10-16)14-21-15(2)20-22-19(23-24-20)13-17-7-5-4-6-8-17/h4-12,15,21H,3,13-14H2,1-2H3. The zero-order valence-electron chi connectivity index (χ0n) is 14.2. The summed E-state index contributed by atoms with van der Waals surface area (Å²) in [7, 11) is 0. The number of aryl methyl sites for hydroxylation is 1. The zero-order valence-corrected chi connectivity index (χ0v) is 14.2. The first kappa shape index (κ1) is 16.4. The van der Waals surface area contributed by atoms with Gasteiger partial charge in [0.15, 0.2) is 5.82 Å². The molecule has 0 bridgehead atoms. The number of aromatic nitrogens is 2. The molecule has 0 aliphatic rings. The van der Waals surface area contributed by atoms with E-state index in [1.165, 1.54) is 16.7 Å². The van der Waals surface area contributed by atoms with E-state index in [0.717, 1.165) is 18.8 Å². The predicted molar refractivity (Wildman–Crippen MR) is 94.6 cm³/mol. The lowest BCUT2D eigenvalue weighted by atomic mass is 10.1. The summed E-state index contributed by atoms with van der Waals surface area (Å²) in [6.07, 6.45) is 1.76. The molecule has 0 spiro atoms. The molecule has 1 aromatic heterocycles. The molecule has 1 unspecified atom stereocenters. The van der Waals surface area contributed by atoms with Gasteiger partial charge in [-0.15, -0.1) is 0 Å². The van der Waals surface area contributed by atoms with Crippen LogP contribution in [-0.2, 0) is 19.4 Å². The number of hydrogen-bond donors (Lipinski definition) is 1. The number of rotatable bonds is 7. The summed E-state index contributed by atoms with van der Waals surface area (Å²) in [5, 5.41) is 7.52. The SMILES string of the molecule is CCc1ccc(CNC(C)c2nc(Cc3ccccc3)no2)cc1. The predicted octanol–water partition coefficient (Wildman–Crippen LogP) is 4.07. The van der Waals surface area contributed by atoms with E-state index in [2.05, 4.69) is 58.8 Å². The number of nitrogens with one attached hydrogen (secondary N) is 1. The first-order chi connectivity index (χ1) is 11.7. The van der Waals surface area contributed by atoms with Gasteiger partial charge in [-0.25, -0.2) is 0 Å². The summed E-state index contributed by atoms with van der Waals surface area (Å²) < 4.78 is 5.40. The third-order valence-electron chi connectivity index (χ3n) is 4.10. The summed E-state index contributed by atoms with van der Waals surface area (Å²) in [4.78, 5) is 4.50. The largest absolute Gasteiger partial charge is 0.338 e. The van der Waals surface area contributed by atoms with Crippen LogP contribution in [0.5, 0.6) is 0 Å². The van der Waals surface area contributed by atoms with Crippen molar-refractivity contribution in [2.45, 2.75) is 39.3 Å². The fourth-order valence-electron chi connectivity index (χ4n) is 2.54. The van der Waals surface area contributed by atoms with Gasteiger partial charge < -0.3 is 9.84 Å². The summed E-state index contributed by atoms with van der Waals surface area (Å²) in [5.41, 5.74) is 3.79. The van der Waals surface area contributed by atoms with Gasteiger partial charge in [0.05, 0.1) is 6.04 Å². The summed E-state index contributed by atoms with van der Waals surface area (Å²) >= 11 is 0. The molecule has 1 atom stereocenters. The summed E-state index contributed by atoms with van der Waals surface area (Å²) in [6, 6.07) is 18.9. The molecule has 1 heterocycles. The van der Waals surface area contributed by atoms with Crippen LogP contribution in [0.1, 0.15) is 48.3 Å². The number of benzene rings is 2. The average molecular weight is 321 g/mol. The highest BCUT2D eigenvalue weighted by Gasteiger charge is 2.14. The molecule has 2 aromatic carbocycles. The van der Waals surface area contributed by atoms with Crippen LogP contribution in [0.25, 0.3) is 0 Å². The summed E-state index contributed by atoms with van der Waals surface area (Å²) in [5.74, 6) is 1.35. The topological polar surface area (TPSA) is 51.0 Å². The smallest absolute Gasteiger partial charge is 0.243 e. The molecular formula is C20H23N3O. The molecule has 0 radical (unpaired) electrons. The molecule has 0 aliphatic carbocycles. The Morgan fingerprint density at radius 3 is 2.38 bits per heavy atom. The molecule has 0 aliphatic heterocycles. The third-order valence-corrected chi connectivity index (χ3v) is 4.10. The first-order valence-electron chi connectivity index (χ1n) is 8.42. The maximum atomic E-state index is 5.40. The molecule has 0 saturated carbocycles. The van der Waals surface area contributed by atoms with Crippen molar-refractivity contribution >= 4 is 0 Å². The molecule has 24 heavy (non-hydrogen) atoms. The van der Waals surface area contributed by atoms with Crippen molar-refractivity contribution in [1.82, 2.24) is 15.5 Å². The molecule has 4 nitrogen and oxygen atoms in total. The van der Waals surface area contributed by atoms with Crippen LogP contribution >= 0.6 is 0 Å². The van der Waals surface area contributed by atoms with Crippen LogP contribution < -0.4 is 5.32 Å². The molecule has 3 rings (SSSR count). The Bertz CT molecular complexity index is 750. The Labute approximate surface area is 142 Å². The van der Waals surface area contributed by atoms with Crippen LogP contribution in [-0.4, -0.2) is 10.1 Å². The fourth-order valence-corrected chi connectivity index (χ4v) is 2.54. The maximum Gasteiger partial charge on any atom is 0.243 e. The van der Waals surface area contributed by atoms with Gasteiger partial charge in [-0.2, -0.15) is 4.98 Å².